The number of hydrogen-bond donors (Lipinski definition) is 1. The number of aliphatic hydroxyl groups is 1. The smallest absolute Gasteiger partial charge is 0.0747 e. The van der Waals surface area contributed by atoms with Gasteiger partial charge in [0.1, 0.15) is 0 Å². The van der Waals surface area contributed by atoms with E-state index in [-0.39, 0.29) is 6.61 Å². The van der Waals surface area contributed by atoms with Gasteiger partial charge in [-0.15, -0.1) is 0 Å². The second kappa shape index (κ2) is 4.31. The Morgan fingerprint density at radius 2 is 2.00 bits per heavy atom. The maximum atomic E-state index is 8.68. The standard InChI is InChI=1S/C9H9BrO/c10-9(7-11)6-8-4-2-1-3-5-8/h1-6,11H,7H2/b9-6-. The number of benzene rings is 1. The lowest BCUT2D eigenvalue weighted by Gasteiger charge is -1.93. The van der Waals surface area contributed by atoms with Crippen LogP contribution in [0, 0.1) is 0 Å². The largest absolute Gasteiger partial charge is 0.391 e. The summed E-state index contributed by atoms with van der Waals surface area (Å²) in [6.07, 6.45) is 1.89. The lowest BCUT2D eigenvalue weighted by molar-refractivity contribution is 0.341. The lowest BCUT2D eigenvalue weighted by Crippen LogP contribution is -1.79. The van der Waals surface area contributed by atoms with Crippen molar-refractivity contribution in [1.82, 2.24) is 0 Å². The fourth-order valence-electron chi connectivity index (χ4n) is 0.776. The van der Waals surface area contributed by atoms with Crippen molar-refractivity contribution in [3.05, 3.63) is 40.4 Å². The van der Waals surface area contributed by atoms with Gasteiger partial charge in [-0.1, -0.05) is 46.3 Å². The number of hydrogen-bond acceptors (Lipinski definition) is 1. The summed E-state index contributed by atoms with van der Waals surface area (Å²) in [7, 11) is 0. The highest BCUT2D eigenvalue weighted by atomic mass is 79.9. The topological polar surface area (TPSA) is 20.2 Å². The van der Waals surface area contributed by atoms with Gasteiger partial charge in [0.2, 0.25) is 0 Å². The molecule has 0 spiro atoms. The molecule has 0 aliphatic rings. The molecule has 0 saturated carbocycles. The molecule has 2 heteroatoms. The van der Waals surface area contributed by atoms with Crippen LogP contribution in [0.4, 0.5) is 0 Å². The van der Waals surface area contributed by atoms with E-state index < -0.39 is 0 Å². The Hall–Kier alpha value is -0.600. The van der Waals surface area contributed by atoms with E-state index in [0.717, 1.165) is 10.0 Å². The van der Waals surface area contributed by atoms with Crippen LogP contribution in [0.15, 0.2) is 34.8 Å². The summed E-state index contributed by atoms with van der Waals surface area (Å²) >= 11 is 3.22. The van der Waals surface area contributed by atoms with Crippen LogP contribution in [0.1, 0.15) is 5.56 Å². The van der Waals surface area contributed by atoms with Crippen molar-refractivity contribution in [2.45, 2.75) is 0 Å². The Kier molecular flexibility index (Phi) is 3.33. The SMILES string of the molecule is OC/C(Br)=C/c1ccccc1. The van der Waals surface area contributed by atoms with Crippen LogP contribution < -0.4 is 0 Å². The van der Waals surface area contributed by atoms with Gasteiger partial charge < -0.3 is 5.11 Å². The summed E-state index contributed by atoms with van der Waals surface area (Å²) in [5.74, 6) is 0. The molecule has 0 heterocycles. The average molecular weight is 213 g/mol. The summed E-state index contributed by atoms with van der Waals surface area (Å²) in [4.78, 5) is 0. The Morgan fingerprint density at radius 1 is 1.36 bits per heavy atom. The van der Waals surface area contributed by atoms with Gasteiger partial charge in [0.25, 0.3) is 0 Å². The van der Waals surface area contributed by atoms with E-state index in [2.05, 4.69) is 15.9 Å². The zero-order valence-corrected chi connectivity index (χ0v) is 7.58. The fourth-order valence-corrected chi connectivity index (χ4v) is 1.04. The molecule has 1 aromatic rings. The van der Waals surface area contributed by atoms with Gasteiger partial charge >= 0.3 is 0 Å². The minimum Gasteiger partial charge on any atom is -0.391 e. The molecule has 0 atom stereocenters. The molecule has 1 aromatic carbocycles. The third kappa shape index (κ3) is 2.87. The van der Waals surface area contributed by atoms with Gasteiger partial charge in [0.15, 0.2) is 0 Å². The summed E-state index contributed by atoms with van der Waals surface area (Å²) < 4.78 is 0.795. The third-order valence-electron chi connectivity index (χ3n) is 1.27. The van der Waals surface area contributed by atoms with Gasteiger partial charge in [0, 0.05) is 4.48 Å². The molecule has 0 aliphatic carbocycles. The van der Waals surface area contributed by atoms with Crippen molar-refractivity contribution in [3.8, 4) is 0 Å². The first-order valence-corrected chi connectivity index (χ1v) is 4.14. The van der Waals surface area contributed by atoms with Crippen LogP contribution >= 0.6 is 15.9 Å². The first-order valence-electron chi connectivity index (χ1n) is 3.35. The molecule has 0 fully saturated rings. The molecule has 0 saturated heterocycles. The number of halogens is 1. The molecule has 0 radical (unpaired) electrons. The molecule has 0 bridgehead atoms. The minimum absolute atomic E-state index is 0.0505. The van der Waals surface area contributed by atoms with E-state index in [9.17, 15) is 0 Å². The quantitative estimate of drug-likeness (QED) is 0.799. The van der Waals surface area contributed by atoms with Crippen molar-refractivity contribution in [3.63, 3.8) is 0 Å². The first kappa shape index (κ1) is 8.50. The van der Waals surface area contributed by atoms with Crippen molar-refractivity contribution >= 4 is 22.0 Å². The summed E-state index contributed by atoms with van der Waals surface area (Å²) in [6.45, 7) is 0.0505. The van der Waals surface area contributed by atoms with E-state index in [1.165, 1.54) is 0 Å². The highest BCUT2D eigenvalue weighted by Crippen LogP contribution is 2.10. The van der Waals surface area contributed by atoms with Crippen LogP contribution in [0.5, 0.6) is 0 Å². The molecule has 1 nitrogen and oxygen atoms in total. The molecule has 0 amide bonds. The normalized spacial score (nSPS) is 11.6. The molecule has 58 valence electrons. The van der Waals surface area contributed by atoms with E-state index >= 15 is 0 Å². The molecule has 1 N–H and O–H groups in total. The van der Waals surface area contributed by atoms with Crippen molar-refractivity contribution in [1.29, 1.82) is 0 Å². The van der Waals surface area contributed by atoms with Crippen LogP contribution in [0.25, 0.3) is 6.08 Å². The fraction of sp³-hybridized carbons (Fsp3) is 0.111. The van der Waals surface area contributed by atoms with E-state index in [0.29, 0.717) is 0 Å². The Bertz CT molecular complexity index is 241. The molecule has 0 aromatic heterocycles. The number of aliphatic hydroxyl groups excluding tert-OH is 1. The van der Waals surface area contributed by atoms with Crippen molar-refractivity contribution in [2.24, 2.45) is 0 Å². The van der Waals surface area contributed by atoms with E-state index in [1.807, 2.05) is 36.4 Å². The van der Waals surface area contributed by atoms with Crippen LogP contribution in [0.3, 0.4) is 0 Å². The lowest BCUT2D eigenvalue weighted by atomic mass is 10.2. The maximum Gasteiger partial charge on any atom is 0.0747 e. The Morgan fingerprint density at radius 3 is 2.55 bits per heavy atom. The first-order chi connectivity index (χ1) is 5.33. The second-order valence-electron chi connectivity index (χ2n) is 2.16. The molecule has 0 aliphatic heterocycles. The van der Waals surface area contributed by atoms with Gasteiger partial charge in [-0.25, -0.2) is 0 Å². The highest BCUT2D eigenvalue weighted by molar-refractivity contribution is 9.11. The summed E-state index contributed by atoms with van der Waals surface area (Å²) in [5.41, 5.74) is 1.09. The molecule has 1 rings (SSSR count). The summed E-state index contributed by atoms with van der Waals surface area (Å²) in [5, 5.41) is 8.68. The predicted molar refractivity (Wildman–Crippen MR) is 50.4 cm³/mol. The highest BCUT2D eigenvalue weighted by Gasteiger charge is 1.88. The van der Waals surface area contributed by atoms with E-state index in [4.69, 9.17) is 5.11 Å². The zero-order chi connectivity index (χ0) is 8.10. The van der Waals surface area contributed by atoms with E-state index in [1.54, 1.807) is 0 Å². The molecule has 11 heavy (non-hydrogen) atoms. The van der Waals surface area contributed by atoms with Crippen LogP contribution in [0.2, 0.25) is 0 Å². The average Bonchev–Trinajstić information content (AvgIpc) is 2.06. The number of rotatable bonds is 2. The van der Waals surface area contributed by atoms with Crippen molar-refractivity contribution < 1.29 is 5.11 Å². The van der Waals surface area contributed by atoms with Gasteiger partial charge in [0.05, 0.1) is 6.61 Å². The molecular formula is C9H9BrO. The van der Waals surface area contributed by atoms with Crippen LogP contribution in [-0.4, -0.2) is 11.7 Å². The third-order valence-corrected chi connectivity index (χ3v) is 1.75. The van der Waals surface area contributed by atoms with Crippen molar-refractivity contribution in [2.75, 3.05) is 6.61 Å². The van der Waals surface area contributed by atoms with Crippen LogP contribution in [-0.2, 0) is 0 Å². The van der Waals surface area contributed by atoms with Gasteiger partial charge in [-0.3, -0.25) is 0 Å². The second-order valence-corrected chi connectivity index (χ2v) is 3.18. The predicted octanol–water partition coefficient (Wildman–Crippen LogP) is 2.41. The van der Waals surface area contributed by atoms with Gasteiger partial charge in [-0.2, -0.15) is 0 Å². The molecule has 0 unspecified atom stereocenters. The summed E-state index contributed by atoms with van der Waals surface area (Å²) in [6, 6.07) is 9.85. The Labute approximate surface area is 74.5 Å². The monoisotopic (exact) mass is 212 g/mol. The zero-order valence-electron chi connectivity index (χ0n) is 6.00. The Balaban J connectivity index is 2.79. The van der Waals surface area contributed by atoms with Gasteiger partial charge in [-0.05, 0) is 11.6 Å². The molecular weight excluding hydrogens is 204 g/mol. The minimum atomic E-state index is 0.0505. The maximum absolute atomic E-state index is 8.68.